The molecule has 0 radical (unpaired) electrons. The highest BCUT2D eigenvalue weighted by Gasteiger charge is 2.35. The van der Waals surface area contributed by atoms with Crippen LogP contribution in [-0.2, 0) is 4.79 Å². The zero-order chi connectivity index (χ0) is 10.7. The van der Waals surface area contributed by atoms with E-state index in [4.69, 9.17) is 5.84 Å². The first-order valence-corrected chi connectivity index (χ1v) is 6.07. The molecule has 0 aromatic carbocycles. The standard InChI is InChI=1S/C11H21N3O/c12-13-11(15)9-5-1-2-6-10(9)14-7-3-4-8-14/h9-10H,1-8,12H2,(H,13,15)/t9-,10+/m0/s1. The molecule has 2 fully saturated rings. The van der Waals surface area contributed by atoms with Gasteiger partial charge in [0, 0.05) is 6.04 Å². The molecule has 1 aliphatic heterocycles. The van der Waals surface area contributed by atoms with Crippen LogP contribution in [0.25, 0.3) is 0 Å². The topological polar surface area (TPSA) is 58.4 Å². The predicted octanol–water partition coefficient (Wildman–Crippen LogP) is 0.631. The van der Waals surface area contributed by atoms with Crippen molar-refractivity contribution in [3.05, 3.63) is 0 Å². The maximum Gasteiger partial charge on any atom is 0.238 e. The minimum absolute atomic E-state index is 0.0339. The van der Waals surface area contributed by atoms with Gasteiger partial charge in [-0.25, -0.2) is 5.84 Å². The summed E-state index contributed by atoms with van der Waals surface area (Å²) in [6, 6.07) is 0.449. The number of hydrazine groups is 1. The fraction of sp³-hybridized carbons (Fsp3) is 0.909. The Labute approximate surface area is 91.2 Å². The third-order valence-electron chi connectivity index (χ3n) is 3.82. The van der Waals surface area contributed by atoms with Gasteiger partial charge in [0.15, 0.2) is 0 Å². The van der Waals surface area contributed by atoms with Gasteiger partial charge in [0.05, 0.1) is 5.92 Å². The molecule has 1 aliphatic carbocycles. The lowest BCUT2D eigenvalue weighted by Crippen LogP contribution is -2.49. The summed E-state index contributed by atoms with van der Waals surface area (Å²) in [4.78, 5) is 14.2. The molecule has 0 unspecified atom stereocenters. The largest absolute Gasteiger partial charge is 0.300 e. The molecular weight excluding hydrogens is 190 g/mol. The van der Waals surface area contributed by atoms with E-state index in [-0.39, 0.29) is 11.8 Å². The molecular formula is C11H21N3O. The van der Waals surface area contributed by atoms with Crippen LogP contribution < -0.4 is 11.3 Å². The molecule has 15 heavy (non-hydrogen) atoms. The fourth-order valence-electron chi connectivity index (χ4n) is 3.03. The summed E-state index contributed by atoms with van der Waals surface area (Å²) in [5.41, 5.74) is 2.32. The number of nitrogens with one attached hydrogen (secondary N) is 1. The van der Waals surface area contributed by atoms with Crippen molar-refractivity contribution in [2.24, 2.45) is 11.8 Å². The summed E-state index contributed by atoms with van der Waals surface area (Å²) in [5.74, 6) is 5.41. The van der Waals surface area contributed by atoms with Crippen molar-refractivity contribution in [1.82, 2.24) is 10.3 Å². The Morgan fingerprint density at radius 1 is 1.13 bits per heavy atom. The molecule has 86 valence electrons. The van der Waals surface area contributed by atoms with Crippen molar-refractivity contribution in [1.29, 1.82) is 0 Å². The van der Waals surface area contributed by atoms with E-state index in [0.717, 1.165) is 12.8 Å². The number of carbonyl (C=O) groups is 1. The van der Waals surface area contributed by atoms with Crippen LogP contribution in [0.4, 0.5) is 0 Å². The van der Waals surface area contributed by atoms with Crippen molar-refractivity contribution >= 4 is 5.91 Å². The molecule has 2 rings (SSSR count). The minimum Gasteiger partial charge on any atom is -0.300 e. The molecule has 0 spiro atoms. The molecule has 2 aliphatic rings. The van der Waals surface area contributed by atoms with Crippen molar-refractivity contribution in [2.75, 3.05) is 13.1 Å². The number of carbonyl (C=O) groups excluding carboxylic acids is 1. The summed E-state index contributed by atoms with van der Waals surface area (Å²) < 4.78 is 0. The molecule has 1 amide bonds. The van der Waals surface area contributed by atoms with Crippen LogP contribution in [0.2, 0.25) is 0 Å². The van der Waals surface area contributed by atoms with Crippen LogP contribution in [0.15, 0.2) is 0 Å². The van der Waals surface area contributed by atoms with Crippen molar-refractivity contribution in [2.45, 2.75) is 44.6 Å². The van der Waals surface area contributed by atoms with Crippen LogP contribution in [0.3, 0.4) is 0 Å². The first kappa shape index (κ1) is 10.9. The summed E-state index contributed by atoms with van der Waals surface area (Å²) in [6.45, 7) is 2.33. The quantitative estimate of drug-likeness (QED) is 0.400. The molecule has 0 aromatic rings. The number of nitrogens with zero attached hydrogens (tertiary/aromatic N) is 1. The van der Waals surface area contributed by atoms with E-state index in [1.165, 1.54) is 38.8 Å². The summed E-state index contributed by atoms with van der Waals surface area (Å²) >= 11 is 0. The number of hydrogen-bond acceptors (Lipinski definition) is 3. The molecule has 0 bridgehead atoms. The van der Waals surface area contributed by atoms with Crippen LogP contribution in [0, 0.1) is 5.92 Å². The van der Waals surface area contributed by atoms with Gasteiger partial charge >= 0.3 is 0 Å². The van der Waals surface area contributed by atoms with Gasteiger partial charge < -0.3 is 0 Å². The number of likely N-dealkylation sites (tertiary alicyclic amines) is 1. The minimum atomic E-state index is 0.0339. The van der Waals surface area contributed by atoms with Crippen LogP contribution in [0.1, 0.15) is 38.5 Å². The predicted molar refractivity (Wildman–Crippen MR) is 58.9 cm³/mol. The van der Waals surface area contributed by atoms with Crippen molar-refractivity contribution < 1.29 is 4.79 Å². The third kappa shape index (κ3) is 2.32. The second-order valence-electron chi connectivity index (χ2n) is 4.71. The highest BCUT2D eigenvalue weighted by molar-refractivity contribution is 5.78. The Balaban J connectivity index is 2.01. The molecule has 2 atom stereocenters. The number of amides is 1. The van der Waals surface area contributed by atoms with Crippen LogP contribution >= 0.6 is 0 Å². The maximum atomic E-state index is 11.7. The van der Waals surface area contributed by atoms with Gasteiger partial charge in [-0.15, -0.1) is 0 Å². The van der Waals surface area contributed by atoms with Crippen molar-refractivity contribution in [3.8, 4) is 0 Å². The van der Waals surface area contributed by atoms with E-state index in [1.54, 1.807) is 0 Å². The SMILES string of the molecule is NNC(=O)[C@H]1CCCC[C@H]1N1CCCC1. The number of hydrogen-bond donors (Lipinski definition) is 2. The van der Waals surface area contributed by atoms with Crippen LogP contribution in [0.5, 0.6) is 0 Å². The number of nitrogens with two attached hydrogens (primary N) is 1. The average Bonchev–Trinajstić information content (AvgIpc) is 2.81. The van der Waals surface area contributed by atoms with E-state index in [2.05, 4.69) is 10.3 Å². The Morgan fingerprint density at radius 2 is 1.80 bits per heavy atom. The average molecular weight is 211 g/mol. The summed E-state index contributed by atoms with van der Waals surface area (Å²) in [5, 5.41) is 0. The van der Waals surface area contributed by atoms with E-state index in [0.29, 0.717) is 6.04 Å². The number of rotatable bonds is 2. The molecule has 1 saturated heterocycles. The zero-order valence-electron chi connectivity index (χ0n) is 9.24. The molecule has 1 heterocycles. The van der Waals surface area contributed by atoms with Crippen LogP contribution in [-0.4, -0.2) is 29.9 Å². The highest BCUT2D eigenvalue weighted by Crippen LogP contribution is 2.30. The lowest BCUT2D eigenvalue weighted by atomic mass is 9.83. The molecule has 1 saturated carbocycles. The first-order chi connectivity index (χ1) is 7.33. The highest BCUT2D eigenvalue weighted by atomic mass is 16.2. The van der Waals surface area contributed by atoms with Crippen molar-refractivity contribution in [3.63, 3.8) is 0 Å². The van der Waals surface area contributed by atoms with E-state index in [1.807, 2.05) is 0 Å². The normalized spacial score (nSPS) is 32.9. The lowest BCUT2D eigenvalue weighted by molar-refractivity contribution is -0.128. The second-order valence-corrected chi connectivity index (χ2v) is 4.71. The van der Waals surface area contributed by atoms with Gasteiger partial charge in [-0.2, -0.15) is 0 Å². The lowest BCUT2D eigenvalue weighted by Gasteiger charge is -2.36. The Kier molecular flexibility index (Phi) is 3.59. The molecule has 4 nitrogen and oxygen atoms in total. The monoisotopic (exact) mass is 211 g/mol. The zero-order valence-corrected chi connectivity index (χ0v) is 9.24. The van der Waals surface area contributed by atoms with Gasteiger partial charge in [-0.1, -0.05) is 12.8 Å². The van der Waals surface area contributed by atoms with Gasteiger partial charge in [-0.3, -0.25) is 15.1 Å². The van der Waals surface area contributed by atoms with Gasteiger partial charge in [0.25, 0.3) is 0 Å². The van der Waals surface area contributed by atoms with Gasteiger partial charge in [0.1, 0.15) is 0 Å². The molecule has 3 N–H and O–H groups in total. The van der Waals surface area contributed by atoms with E-state index in [9.17, 15) is 4.79 Å². The third-order valence-corrected chi connectivity index (χ3v) is 3.82. The maximum absolute atomic E-state index is 11.7. The second kappa shape index (κ2) is 4.94. The Hall–Kier alpha value is -0.610. The van der Waals surface area contributed by atoms with E-state index >= 15 is 0 Å². The molecule has 4 heteroatoms. The van der Waals surface area contributed by atoms with Gasteiger partial charge in [0.2, 0.25) is 5.91 Å². The fourth-order valence-corrected chi connectivity index (χ4v) is 3.03. The Bertz CT molecular complexity index is 226. The Morgan fingerprint density at radius 3 is 2.47 bits per heavy atom. The smallest absolute Gasteiger partial charge is 0.238 e. The first-order valence-electron chi connectivity index (χ1n) is 6.07. The summed E-state index contributed by atoms with van der Waals surface area (Å²) in [6.07, 6.45) is 7.17. The van der Waals surface area contributed by atoms with E-state index < -0.39 is 0 Å². The van der Waals surface area contributed by atoms with Gasteiger partial charge in [-0.05, 0) is 38.8 Å². The molecule has 0 aromatic heterocycles. The summed E-state index contributed by atoms with van der Waals surface area (Å²) in [7, 11) is 0.